The third-order valence-corrected chi connectivity index (χ3v) is 4.72. The summed E-state index contributed by atoms with van der Waals surface area (Å²) in [4.78, 5) is 21.7. The van der Waals surface area contributed by atoms with E-state index in [0.717, 1.165) is 18.6 Å². The summed E-state index contributed by atoms with van der Waals surface area (Å²) in [5.41, 5.74) is -0.853. The van der Waals surface area contributed by atoms with Crippen molar-refractivity contribution in [2.24, 2.45) is 5.41 Å². The molecule has 1 heterocycles. The molecule has 0 bridgehead atoms. The molecule has 0 atom stereocenters. The van der Waals surface area contributed by atoms with Crippen molar-refractivity contribution in [2.75, 3.05) is 5.75 Å². The Labute approximate surface area is 118 Å². The number of aromatic nitrogens is 1. The molecule has 1 aliphatic rings. The molecule has 1 saturated carbocycles. The van der Waals surface area contributed by atoms with Gasteiger partial charge in [0.1, 0.15) is 0 Å². The lowest BCUT2D eigenvalue weighted by molar-refractivity contribution is -0.386. The summed E-state index contributed by atoms with van der Waals surface area (Å²) in [6.45, 7) is 0.663. The van der Waals surface area contributed by atoms with Crippen molar-refractivity contribution in [3.8, 4) is 0 Å². The van der Waals surface area contributed by atoms with Crippen molar-refractivity contribution in [3.63, 3.8) is 0 Å². The van der Waals surface area contributed by atoms with Gasteiger partial charge in [-0.1, -0.05) is 6.42 Å². The smallest absolute Gasteiger partial charge is 0.333 e. The molecule has 1 aromatic heterocycles. The fourth-order valence-corrected chi connectivity index (χ4v) is 3.11. The normalized spacial score (nSPS) is 17.2. The Morgan fingerprint density at radius 1 is 1.50 bits per heavy atom. The van der Waals surface area contributed by atoms with Crippen molar-refractivity contribution in [1.29, 1.82) is 0 Å². The standard InChI is InChI=1S/C11H13BrN2O3S/c12-8-4-13(5-9(10(8)15)14(16)17)6-11(7-18)2-1-3-11/h4-5,18H,1-3,6-7H2. The van der Waals surface area contributed by atoms with Crippen LogP contribution in [0.25, 0.3) is 0 Å². The maximum Gasteiger partial charge on any atom is 0.333 e. The first kappa shape index (κ1) is 13.6. The highest BCUT2D eigenvalue weighted by Gasteiger charge is 2.36. The molecule has 1 aromatic rings. The molecule has 98 valence electrons. The van der Waals surface area contributed by atoms with Crippen LogP contribution in [0, 0.1) is 15.5 Å². The van der Waals surface area contributed by atoms with Gasteiger partial charge in [0.15, 0.2) is 0 Å². The predicted molar refractivity (Wildman–Crippen MR) is 75.2 cm³/mol. The van der Waals surface area contributed by atoms with Gasteiger partial charge < -0.3 is 4.57 Å². The molecule has 0 unspecified atom stereocenters. The number of nitro groups is 1. The van der Waals surface area contributed by atoms with Crippen LogP contribution in [0.1, 0.15) is 19.3 Å². The Morgan fingerprint density at radius 2 is 2.17 bits per heavy atom. The van der Waals surface area contributed by atoms with Gasteiger partial charge in [0, 0.05) is 12.7 Å². The number of halogens is 1. The summed E-state index contributed by atoms with van der Waals surface area (Å²) in [6, 6.07) is 0. The van der Waals surface area contributed by atoms with Gasteiger partial charge in [0.05, 0.1) is 15.6 Å². The van der Waals surface area contributed by atoms with E-state index in [-0.39, 0.29) is 9.89 Å². The average molecular weight is 333 g/mol. The van der Waals surface area contributed by atoms with Crippen molar-refractivity contribution >= 4 is 34.2 Å². The largest absolute Gasteiger partial charge is 0.346 e. The van der Waals surface area contributed by atoms with Gasteiger partial charge >= 0.3 is 5.69 Å². The van der Waals surface area contributed by atoms with Crippen LogP contribution in [0.4, 0.5) is 5.69 Å². The van der Waals surface area contributed by atoms with Crippen LogP contribution in [-0.2, 0) is 6.54 Å². The molecule has 5 nitrogen and oxygen atoms in total. The topological polar surface area (TPSA) is 65.1 Å². The Bertz CT molecular complexity index is 534. The number of hydrogen-bond acceptors (Lipinski definition) is 4. The molecule has 1 fully saturated rings. The van der Waals surface area contributed by atoms with Crippen LogP contribution in [0.3, 0.4) is 0 Å². The second kappa shape index (κ2) is 5.05. The van der Waals surface area contributed by atoms with Gasteiger partial charge in [0.25, 0.3) is 5.43 Å². The molecular weight excluding hydrogens is 320 g/mol. The number of thiol groups is 1. The summed E-state index contributed by atoms with van der Waals surface area (Å²) in [6.07, 6.45) is 6.25. The third-order valence-electron chi connectivity index (χ3n) is 3.48. The molecule has 7 heteroatoms. The number of hydrogen-bond donors (Lipinski definition) is 1. The molecule has 0 saturated heterocycles. The maximum atomic E-state index is 11.6. The monoisotopic (exact) mass is 332 g/mol. The lowest BCUT2D eigenvalue weighted by Gasteiger charge is -2.41. The minimum Gasteiger partial charge on any atom is -0.346 e. The SMILES string of the molecule is O=c1c(Br)cn(CC2(CS)CCC2)cc1[N+](=O)[O-]. The first-order valence-electron chi connectivity index (χ1n) is 5.62. The van der Waals surface area contributed by atoms with E-state index >= 15 is 0 Å². The van der Waals surface area contributed by atoms with E-state index in [0.29, 0.717) is 6.54 Å². The highest BCUT2D eigenvalue weighted by Crippen LogP contribution is 2.43. The van der Waals surface area contributed by atoms with Crippen molar-refractivity contribution in [1.82, 2.24) is 4.57 Å². The Hall–Kier alpha value is -0.820. The zero-order valence-electron chi connectivity index (χ0n) is 9.63. The van der Waals surface area contributed by atoms with E-state index in [9.17, 15) is 14.9 Å². The fraction of sp³-hybridized carbons (Fsp3) is 0.545. The van der Waals surface area contributed by atoms with Gasteiger partial charge in [-0.05, 0) is 39.9 Å². The molecule has 0 amide bonds. The van der Waals surface area contributed by atoms with E-state index in [2.05, 4.69) is 28.6 Å². The van der Waals surface area contributed by atoms with Crippen molar-refractivity contribution in [2.45, 2.75) is 25.8 Å². The van der Waals surface area contributed by atoms with E-state index in [1.54, 1.807) is 10.8 Å². The van der Waals surface area contributed by atoms with Crippen molar-refractivity contribution in [3.05, 3.63) is 37.2 Å². The summed E-state index contributed by atoms with van der Waals surface area (Å²) in [7, 11) is 0. The van der Waals surface area contributed by atoms with Crippen LogP contribution in [0.5, 0.6) is 0 Å². The van der Waals surface area contributed by atoms with E-state index in [1.807, 2.05) is 0 Å². The molecule has 1 aliphatic carbocycles. The van der Waals surface area contributed by atoms with E-state index < -0.39 is 16.0 Å². The summed E-state index contributed by atoms with van der Waals surface area (Å²) in [5, 5.41) is 10.8. The van der Waals surface area contributed by atoms with Gasteiger partial charge in [0.2, 0.25) is 0 Å². The van der Waals surface area contributed by atoms with Crippen molar-refractivity contribution < 1.29 is 4.92 Å². The Morgan fingerprint density at radius 3 is 2.61 bits per heavy atom. The molecule has 0 aromatic carbocycles. The van der Waals surface area contributed by atoms with Crippen LogP contribution in [0.15, 0.2) is 21.7 Å². The zero-order chi connectivity index (χ0) is 13.3. The lowest BCUT2D eigenvalue weighted by atomic mass is 9.70. The van der Waals surface area contributed by atoms with Crippen LogP contribution < -0.4 is 5.43 Å². The molecule has 0 spiro atoms. The fourth-order valence-electron chi connectivity index (χ4n) is 2.23. The molecule has 0 radical (unpaired) electrons. The van der Waals surface area contributed by atoms with Gasteiger partial charge in [-0.2, -0.15) is 12.6 Å². The molecule has 0 aliphatic heterocycles. The second-order valence-electron chi connectivity index (χ2n) is 4.76. The quantitative estimate of drug-likeness (QED) is 0.523. The average Bonchev–Trinajstić information content (AvgIpc) is 2.27. The molecular formula is C11H13BrN2O3S. The van der Waals surface area contributed by atoms with E-state index in [1.165, 1.54) is 12.6 Å². The van der Waals surface area contributed by atoms with E-state index in [4.69, 9.17) is 0 Å². The minimum atomic E-state index is -0.641. The van der Waals surface area contributed by atoms with Crippen LogP contribution >= 0.6 is 28.6 Å². The van der Waals surface area contributed by atoms with Gasteiger partial charge in [-0.3, -0.25) is 14.9 Å². The third kappa shape index (κ3) is 2.47. The summed E-state index contributed by atoms with van der Waals surface area (Å²) >= 11 is 7.43. The Kier molecular flexibility index (Phi) is 3.82. The highest BCUT2D eigenvalue weighted by molar-refractivity contribution is 9.10. The molecule has 0 N–H and O–H groups in total. The number of pyridine rings is 1. The Balaban J connectivity index is 2.34. The first-order chi connectivity index (χ1) is 8.47. The second-order valence-corrected chi connectivity index (χ2v) is 5.93. The van der Waals surface area contributed by atoms with Crippen LogP contribution in [0.2, 0.25) is 0 Å². The van der Waals surface area contributed by atoms with Crippen LogP contribution in [-0.4, -0.2) is 15.2 Å². The molecule has 18 heavy (non-hydrogen) atoms. The summed E-state index contributed by atoms with van der Waals surface area (Å²) < 4.78 is 1.95. The first-order valence-corrected chi connectivity index (χ1v) is 7.05. The highest BCUT2D eigenvalue weighted by atomic mass is 79.9. The predicted octanol–water partition coefficient (Wildman–Crippen LogP) is 2.62. The number of nitrogens with zero attached hydrogens (tertiary/aromatic N) is 2. The summed E-state index contributed by atoms with van der Waals surface area (Å²) in [5.74, 6) is 0.755. The molecule has 2 rings (SSSR count). The lowest BCUT2D eigenvalue weighted by Crippen LogP contribution is -2.36. The minimum absolute atomic E-state index is 0.117. The van der Waals surface area contributed by atoms with Gasteiger partial charge in [-0.15, -0.1) is 0 Å². The zero-order valence-corrected chi connectivity index (χ0v) is 12.1. The number of rotatable bonds is 4. The van der Waals surface area contributed by atoms with Gasteiger partial charge in [-0.25, -0.2) is 0 Å². The maximum absolute atomic E-state index is 11.6.